The van der Waals surface area contributed by atoms with E-state index in [9.17, 15) is 0 Å². The van der Waals surface area contributed by atoms with E-state index in [1.54, 1.807) is 21.3 Å². The monoisotopic (exact) mass is 357 g/mol. The summed E-state index contributed by atoms with van der Waals surface area (Å²) < 4.78 is 16.2. The molecule has 2 rings (SSSR count). The molecule has 0 amide bonds. The van der Waals surface area contributed by atoms with Crippen LogP contribution in [0.5, 0.6) is 17.2 Å². The van der Waals surface area contributed by atoms with Gasteiger partial charge in [0.05, 0.1) is 20.8 Å². The third kappa shape index (κ3) is 5.58. The molecule has 140 valence electrons. The van der Waals surface area contributed by atoms with Crippen molar-refractivity contribution in [2.75, 3.05) is 27.9 Å². The van der Waals surface area contributed by atoms with E-state index in [4.69, 9.17) is 14.2 Å². The zero-order chi connectivity index (χ0) is 18.8. The van der Waals surface area contributed by atoms with Gasteiger partial charge in [0.15, 0.2) is 17.5 Å². The minimum atomic E-state index is 0.594. The first-order chi connectivity index (χ1) is 12.7. The van der Waals surface area contributed by atoms with Crippen molar-refractivity contribution in [3.63, 3.8) is 0 Å². The number of benzene rings is 2. The van der Waals surface area contributed by atoms with Crippen LogP contribution in [0.2, 0.25) is 0 Å². The van der Waals surface area contributed by atoms with E-state index in [1.807, 2.05) is 49.4 Å². The molecule has 0 spiro atoms. The van der Waals surface area contributed by atoms with E-state index >= 15 is 0 Å². The molecule has 0 fully saturated rings. The fourth-order valence-electron chi connectivity index (χ4n) is 2.47. The Morgan fingerprint density at radius 3 is 2.27 bits per heavy atom. The molecule has 2 aromatic carbocycles. The van der Waals surface area contributed by atoms with Gasteiger partial charge in [-0.25, -0.2) is 0 Å². The molecule has 0 saturated heterocycles. The van der Waals surface area contributed by atoms with Crippen molar-refractivity contribution in [1.82, 2.24) is 10.6 Å². The summed E-state index contributed by atoms with van der Waals surface area (Å²) in [6.07, 6.45) is 0. The molecule has 0 aliphatic carbocycles. The topological polar surface area (TPSA) is 64.1 Å². The molecular weight excluding hydrogens is 330 g/mol. The number of guanidine groups is 1. The molecule has 0 saturated carbocycles. The molecule has 0 aliphatic rings. The van der Waals surface area contributed by atoms with Crippen molar-refractivity contribution >= 4 is 5.96 Å². The SMILES string of the molecule is CCOc1cc(CNC(=NC)NCc2cccc(OC)c2)ccc1OC. The van der Waals surface area contributed by atoms with E-state index in [0.717, 1.165) is 34.3 Å². The number of methoxy groups -OCH3 is 2. The first-order valence-electron chi connectivity index (χ1n) is 8.57. The van der Waals surface area contributed by atoms with E-state index in [-0.39, 0.29) is 0 Å². The minimum absolute atomic E-state index is 0.594. The Balaban J connectivity index is 1.93. The standard InChI is InChI=1S/C20H27N3O3/c1-5-26-19-12-16(9-10-18(19)25-4)14-23-20(21-2)22-13-15-7-6-8-17(11-15)24-3/h6-12H,5,13-14H2,1-4H3,(H2,21,22,23). The summed E-state index contributed by atoms with van der Waals surface area (Å²) in [5, 5.41) is 6.60. The summed E-state index contributed by atoms with van der Waals surface area (Å²) in [4.78, 5) is 4.26. The van der Waals surface area contributed by atoms with Gasteiger partial charge in [-0.2, -0.15) is 0 Å². The van der Waals surface area contributed by atoms with Crippen LogP contribution in [-0.2, 0) is 13.1 Å². The first kappa shape index (κ1) is 19.4. The van der Waals surface area contributed by atoms with Gasteiger partial charge < -0.3 is 24.8 Å². The summed E-state index contributed by atoms with van der Waals surface area (Å²) in [6, 6.07) is 13.8. The highest BCUT2D eigenvalue weighted by Crippen LogP contribution is 2.27. The van der Waals surface area contributed by atoms with Gasteiger partial charge in [-0.15, -0.1) is 0 Å². The van der Waals surface area contributed by atoms with Crippen LogP contribution < -0.4 is 24.8 Å². The summed E-state index contributed by atoms with van der Waals surface area (Å²) in [5.41, 5.74) is 2.20. The molecule has 0 aromatic heterocycles. The number of aliphatic imine (C=N–C) groups is 1. The highest BCUT2D eigenvalue weighted by Gasteiger charge is 2.06. The van der Waals surface area contributed by atoms with Gasteiger partial charge in [-0.1, -0.05) is 18.2 Å². The molecule has 0 atom stereocenters. The average Bonchev–Trinajstić information content (AvgIpc) is 2.68. The van der Waals surface area contributed by atoms with Gasteiger partial charge in [-0.3, -0.25) is 4.99 Å². The number of rotatable bonds is 8. The molecular formula is C20H27N3O3. The van der Waals surface area contributed by atoms with Crippen molar-refractivity contribution in [2.24, 2.45) is 4.99 Å². The fourth-order valence-corrected chi connectivity index (χ4v) is 2.47. The molecule has 26 heavy (non-hydrogen) atoms. The van der Waals surface area contributed by atoms with Crippen LogP contribution >= 0.6 is 0 Å². The molecule has 2 aromatic rings. The normalized spacial score (nSPS) is 11.0. The van der Waals surface area contributed by atoms with E-state index < -0.39 is 0 Å². The number of nitrogens with one attached hydrogen (secondary N) is 2. The Morgan fingerprint density at radius 2 is 1.65 bits per heavy atom. The Labute approximate surface area is 155 Å². The first-order valence-corrected chi connectivity index (χ1v) is 8.57. The predicted octanol–water partition coefficient (Wildman–Crippen LogP) is 2.97. The van der Waals surface area contributed by atoms with Gasteiger partial charge >= 0.3 is 0 Å². The maximum Gasteiger partial charge on any atom is 0.191 e. The molecule has 0 aliphatic heterocycles. The fraction of sp³-hybridized carbons (Fsp3) is 0.350. The van der Waals surface area contributed by atoms with Crippen LogP contribution in [0.3, 0.4) is 0 Å². The lowest BCUT2D eigenvalue weighted by Crippen LogP contribution is -2.36. The third-order valence-corrected chi connectivity index (χ3v) is 3.81. The van der Waals surface area contributed by atoms with Crippen LogP contribution in [-0.4, -0.2) is 33.8 Å². The number of hydrogen-bond donors (Lipinski definition) is 2. The number of ether oxygens (including phenoxy) is 3. The maximum absolute atomic E-state index is 5.62. The largest absolute Gasteiger partial charge is 0.497 e. The second-order valence-electron chi connectivity index (χ2n) is 5.55. The van der Waals surface area contributed by atoms with Crippen LogP contribution in [0.15, 0.2) is 47.5 Å². The molecule has 6 heteroatoms. The molecule has 0 bridgehead atoms. The zero-order valence-electron chi connectivity index (χ0n) is 15.8. The number of nitrogens with zero attached hydrogens (tertiary/aromatic N) is 1. The second-order valence-corrected chi connectivity index (χ2v) is 5.55. The molecule has 2 N–H and O–H groups in total. The molecule has 0 heterocycles. The highest BCUT2D eigenvalue weighted by atomic mass is 16.5. The van der Waals surface area contributed by atoms with Gasteiger partial charge in [0, 0.05) is 20.1 Å². The average molecular weight is 357 g/mol. The smallest absolute Gasteiger partial charge is 0.191 e. The van der Waals surface area contributed by atoms with Gasteiger partial charge in [0.1, 0.15) is 5.75 Å². The van der Waals surface area contributed by atoms with E-state index in [0.29, 0.717) is 19.7 Å². The highest BCUT2D eigenvalue weighted by molar-refractivity contribution is 5.79. The van der Waals surface area contributed by atoms with Crippen LogP contribution in [0, 0.1) is 0 Å². The third-order valence-electron chi connectivity index (χ3n) is 3.81. The Kier molecular flexibility index (Phi) is 7.61. The molecule has 0 radical (unpaired) electrons. The summed E-state index contributed by atoms with van der Waals surface area (Å²) in [6.45, 7) is 3.83. The lowest BCUT2D eigenvalue weighted by atomic mass is 10.2. The summed E-state index contributed by atoms with van der Waals surface area (Å²) in [5.74, 6) is 3.04. The van der Waals surface area contributed by atoms with E-state index in [2.05, 4.69) is 15.6 Å². The van der Waals surface area contributed by atoms with Crippen molar-refractivity contribution in [1.29, 1.82) is 0 Å². The Hall–Kier alpha value is -2.89. The lowest BCUT2D eigenvalue weighted by Gasteiger charge is -2.14. The summed E-state index contributed by atoms with van der Waals surface area (Å²) in [7, 11) is 5.05. The van der Waals surface area contributed by atoms with Crippen LogP contribution in [0.4, 0.5) is 0 Å². The molecule has 0 unspecified atom stereocenters. The van der Waals surface area contributed by atoms with Crippen molar-refractivity contribution in [2.45, 2.75) is 20.0 Å². The minimum Gasteiger partial charge on any atom is -0.497 e. The number of hydrogen-bond acceptors (Lipinski definition) is 4. The van der Waals surface area contributed by atoms with Crippen molar-refractivity contribution < 1.29 is 14.2 Å². The van der Waals surface area contributed by atoms with Gasteiger partial charge in [0.2, 0.25) is 0 Å². The van der Waals surface area contributed by atoms with E-state index in [1.165, 1.54) is 0 Å². The zero-order valence-corrected chi connectivity index (χ0v) is 15.8. The van der Waals surface area contributed by atoms with Gasteiger partial charge in [0.25, 0.3) is 0 Å². The summed E-state index contributed by atoms with van der Waals surface area (Å²) >= 11 is 0. The van der Waals surface area contributed by atoms with Crippen molar-refractivity contribution in [3.05, 3.63) is 53.6 Å². The van der Waals surface area contributed by atoms with Gasteiger partial charge in [-0.05, 0) is 42.3 Å². The maximum atomic E-state index is 5.62. The molecule has 6 nitrogen and oxygen atoms in total. The Morgan fingerprint density at radius 1 is 0.923 bits per heavy atom. The van der Waals surface area contributed by atoms with Crippen molar-refractivity contribution in [3.8, 4) is 17.2 Å². The Bertz CT molecular complexity index is 732. The second kappa shape index (κ2) is 10.2. The van der Waals surface area contributed by atoms with Crippen LogP contribution in [0.25, 0.3) is 0 Å². The quantitative estimate of drug-likeness (QED) is 0.562. The van der Waals surface area contributed by atoms with Crippen LogP contribution in [0.1, 0.15) is 18.1 Å². The predicted molar refractivity (Wildman–Crippen MR) is 104 cm³/mol. The lowest BCUT2D eigenvalue weighted by molar-refractivity contribution is 0.310.